The van der Waals surface area contributed by atoms with Crippen molar-refractivity contribution in [2.75, 3.05) is 20.2 Å². The number of nitrogens with zero attached hydrogens (tertiary/aromatic N) is 1. The monoisotopic (exact) mass is 421 g/mol. The first-order valence-electron chi connectivity index (χ1n) is 11.1. The molecule has 1 aliphatic heterocycles. The Hall–Kier alpha value is -1.83. The summed E-state index contributed by atoms with van der Waals surface area (Å²) < 4.78 is 17.3. The fraction of sp³-hybridized carbons (Fsp3) is 0.696. The van der Waals surface area contributed by atoms with E-state index < -0.39 is 24.5 Å². The van der Waals surface area contributed by atoms with Gasteiger partial charge in [-0.05, 0) is 56.8 Å². The molecule has 3 rings (SSSR count). The summed E-state index contributed by atoms with van der Waals surface area (Å²) in [5.41, 5.74) is 2.35. The Kier molecular flexibility index (Phi) is 7.97. The number of hydrogen-bond donors (Lipinski definition) is 2. The molecule has 1 heterocycles. The van der Waals surface area contributed by atoms with Crippen LogP contribution in [0.5, 0.6) is 11.5 Å². The Morgan fingerprint density at radius 2 is 1.97 bits per heavy atom. The number of methoxy groups -OCH3 is 1. The lowest BCUT2D eigenvalue weighted by atomic mass is 9.86. The van der Waals surface area contributed by atoms with Crippen LogP contribution < -0.4 is 9.47 Å². The van der Waals surface area contributed by atoms with Crippen molar-refractivity contribution in [3.05, 3.63) is 23.3 Å². The minimum absolute atomic E-state index is 0.0750. The zero-order valence-corrected chi connectivity index (χ0v) is 18.3. The van der Waals surface area contributed by atoms with Gasteiger partial charge >= 0.3 is 5.97 Å². The molecule has 1 aliphatic carbocycles. The Morgan fingerprint density at radius 3 is 2.60 bits per heavy atom. The molecule has 1 aromatic rings. The van der Waals surface area contributed by atoms with Crippen molar-refractivity contribution in [3.63, 3.8) is 0 Å². The van der Waals surface area contributed by atoms with Crippen molar-refractivity contribution in [1.29, 1.82) is 0 Å². The molecule has 4 unspecified atom stereocenters. The van der Waals surface area contributed by atoms with Gasteiger partial charge in [0.15, 0.2) is 17.6 Å². The first kappa shape index (κ1) is 22.8. The largest absolute Gasteiger partial charge is 0.493 e. The fourth-order valence-electron chi connectivity index (χ4n) is 4.66. The molecule has 0 bridgehead atoms. The summed E-state index contributed by atoms with van der Waals surface area (Å²) in [5, 5.41) is 19.4. The third-order valence-electron chi connectivity index (χ3n) is 6.05. The summed E-state index contributed by atoms with van der Waals surface area (Å²) in [6.07, 6.45) is 2.83. The van der Waals surface area contributed by atoms with E-state index in [-0.39, 0.29) is 12.8 Å². The maximum atomic E-state index is 11.3. The number of aliphatic hydroxyl groups is 1. The molecule has 168 valence electrons. The van der Waals surface area contributed by atoms with Crippen LogP contribution in [0.2, 0.25) is 0 Å². The van der Waals surface area contributed by atoms with Crippen LogP contribution in [0.1, 0.15) is 57.1 Å². The minimum Gasteiger partial charge on any atom is -0.493 e. The van der Waals surface area contributed by atoms with Crippen LogP contribution in [-0.2, 0) is 22.4 Å². The normalized spacial score (nSPS) is 26.3. The highest BCUT2D eigenvalue weighted by molar-refractivity contribution is 5.72. The number of carboxylic acid groups (broad SMARTS) is 1. The molecule has 0 saturated carbocycles. The Morgan fingerprint density at radius 1 is 1.23 bits per heavy atom. The van der Waals surface area contributed by atoms with Gasteiger partial charge in [0.2, 0.25) is 6.29 Å². The molecule has 0 amide bonds. The highest BCUT2D eigenvalue weighted by atomic mass is 16.7. The molecule has 7 nitrogen and oxygen atoms in total. The van der Waals surface area contributed by atoms with Gasteiger partial charge in [-0.25, -0.2) is 4.79 Å². The zero-order valence-electron chi connectivity index (χ0n) is 18.3. The number of carbonyl (C=O) groups is 1. The van der Waals surface area contributed by atoms with Crippen LogP contribution in [0.15, 0.2) is 12.1 Å². The van der Waals surface area contributed by atoms with Gasteiger partial charge in [0.05, 0.1) is 13.2 Å². The number of ether oxygens (including phenoxy) is 3. The highest BCUT2D eigenvalue weighted by Crippen LogP contribution is 2.40. The first-order chi connectivity index (χ1) is 14.5. The Bertz CT molecular complexity index is 718. The molecule has 1 saturated heterocycles. The molecule has 1 fully saturated rings. The predicted molar refractivity (Wildman–Crippen MR) is 113 cm³/mol. The molecule has 7 heteroatoms. The van der Waals surface area contributed by atoms with Gasteiger partial charge in [0.1, 0.15) is 0 Å². The van der Waals surface area contributed by atoms with Gasteiger partial charge in [-0.2, -0.15) is 0 Å². The molecular weight excluding hydrogens is 386 g/mol. The van der Waals surface area contributed by atoms with E-state index in [2.05, 4.69) is 24.8 Å². The van der Waals surface area contributed by atoms with Gasteiger partial charge in [-0.15, -0.1) is 0 Å². The quantitative estimate of drug-likeness (QED) is 0.634. The molecule has 4 atom stereocenters. The number of fused-ring (bicyclic) bond motifs is 1. The van der Waals surface area contributed by atoms with Crippen LogP contribution in [0.4, 0.5) is 0 Å². The molecule has 0 radical (unpaired) electrons. The second-order valence-electron chi connectivity index (χ2n) is 8.30. The third kappa shape index (κ3) is 5.25. The van der Waals surface area contributed by atoms with Crippen molar-refractivity contribution >= 4 is 5.97 Å². The highest BCUT2D eigenvalue weighted by Gasteiger charge is 2.35. The number of hydrogen-bond acceptors (Lipinski definition) is 6. The van der Waals surface area contributed by atoms with E-state index in [9.17, 15) is 15.0 Å². The van der Waals surface area contributed by atoms with E-state index in [1.54, 1.807) is 7.11 Å². The van der Waals surface area contributed by atoms with Crippen molar-refractivity contribution in [1.82, 2.24) is 4.90 Å². The lowest BCUT2D eigenvalue weighted by Gasteiger charge is -2.36. The average Bonchev–Trinajstić information content (AvgIpc) is 2.73. The number of benzene rings is 1. The lowest BCUT2D eigenvalue weighted by molar-refractivity contribution is -0.195. The van der Waals surface area contributed by atoms with Crippen LogP contribution >= 0.6 is 0 Å². The zero-order chi connectivity index (χ0) is 21.7. The summed E-state index contributed by atoms with van der Waals surface area (Å²) >= 11 is 0. The average molecular weight is 422 g/mol. The van der Waals surface area contributed by atoms with Gasteiger partial charge < -0.3 is 29.3 Å². The SMILES string of the molecule is CCCN(CCC)C1CCc2c(ccc(OC)c2OC2CC(O)CC(C(=O)O)O2)C1. The van der Waals surface area contributed by atoms with Crippen LogP contribution in [-0.4, -0.2) is 65.8 Å². The van der Waals surface area contributed by atoms with Crippen molar-refractivity contribution in [3.8, 4) is 11.5 Å². The van der Waals surface area contributed by atoms with Gasteiger partial charge in [0, 0.05) is 24.4 Å². The number of aliphatic hydroxyl groups excluding tert-OH is 1. The van der Waals surface area contributed by atoms with Gasteiger partial charge in [-0.3, -0.25) is 0 Å². The third-order valence-corrected chi connectivity index (χ3v) is 6.05. The smallest absolute Gasteiger partial charge is 0.333 e. The van der Waals surface area contributed by atoms with E-state index in [0.717, 1.165) is 50.8 Å². The molecule has 30 heavy (non-hydrogen) atoms. The van der Waals surface area contributed by atoms with Crippen LogP contribution in [0.3, 0.4) is 0 Å². The first-order valence-corrected chi connectivity index (χ1v) is 11.1. The van der Waals surface area contributed by atoms with Crippen molar-refractivity contribution in [2.24, 2.45) is 0 Å². The van der Waals surface area contributed by atoms with E-state index in [0.29, 0.717) is 17.5 Å². The number of aliphatic carboxylic acids is 1. The predicted octanol–water partition coefficient (Wildman–Crippen LogP) is 3.00. The number of rotatable bonds is 9. The molecule has 2 aliphatic rings. The topological polar surface area (TPSA) is 88.5 Å². The maximum absolute atomic E-state index is 11.3. The maximum Gasteiger partial charge on any atom is 0.333 e. The molecule has 0 aromatic heterocycles. The Labute approximate surface area is 178 Å². The Balaban J connectivity index is 1.81. The summed E-state index contributed by atoms with van der Waals surface area (Å²) in [7, 11) is 1.60. The fourth-order valence-corrected chi connectivity index (χ4v) is 4.66. The van der Waals surface area contributed by atoms with E-state index in [4.69, 9.17) is 14.2 Å². The van der Waals surface area contributed by atoms with Gasteiger partial charge in [0.25, 0.3) is 0 Å². The summed E-state index contributed by atoms with van der Waals surface area (Å²) in [6, 6.07) is 4.54. The second kappa shape index (κ2) is 10.5. The minimum atomic E-state index is -1.08. The van der Waals surface area contributed by atoms with E-state index in [1.807, 2.05) is 6.07 Å². The summed E-state index contributed by atoms with van der Waals surface area (Å²) in [6.45, 7) is 6.66. The second-order valence-corrected chi connectivity index (χ2v) is 8.30. The summed E-state index contributed by atoms with van der Waals surface area (Å²) in [4.78, 5) is 13.9. The lowest BCUT2D eigenvalue weighted by Crippen LogP contribution is -2.43. The summed E-state index contributed by atoms with van der Waals surface area (Å²) in [5.74, 6) is 0.148. The van der Waals surface area contributed by atoms with Crippen molar-refractivity contribution in [2.45, 2.75) is 83.3 Å². The van der Waals surface area contributed by atoms with Crippen molar-refractivity contribution < 1.29 is 29.2 Å². The molecule has 2 N–H and O–H groups in total. The van der Waals surface area contributed by atoms with E-state index >= 15 is 0 Å². The van der Waals surface area contributed by atoms with Crippen LogP contribution in [0.25, 0.3) is 0 Å². The molecule has 1 aromatic carbocycles. The van der Waals surface area contributed by atoms with Gasteiger partial charge in [-0.1, -0.05) is 19.9 Å². The van der Waals surface area contributed by atoms with Crippen LogP contribution in [0, 0.1) is 0 Å². The molecular formula is C23H35NO6. The standard InChI is InChI=1S/C23H35NO6/c1-4-10-24(11-5-2)16-7-8-18-15(12-16)6-9-19(28-3)22(18)30-21-14-17(25)13-20(29-21)23(26)27/h6,9,16-17,20-21,25H,4-5,7-8,10-14H2,1-3H3,(H,26,27). The van der Waals surface area contributed by atoms with E-state index in [1.165, 1.54) is 5.56 Å². The number of carboxylic acids is 1. The molecule has 0 spiro atoms.